The van der Waals surface area contributed by atoms with Gasteiger partial charge in [-0.1, -0.05) is 55.5 Å². The Balaban J connectivity index is 1.41. The van der Waals surface area contributed by atoms with Crippen LogP contribution in [0.15, 0.2) is 72.0 Å². The molecule has 0 aliphatic carbocycles. The average molecular weight is 393 g/mol. The molecule has 7 heteroatoms. The van der Waals surface area contributed by atoms with E-state index in [-0.39, 0.29) is 0 Å². The van der Waals surface area contributed by atoms with Crippen molar-refractivity contribution in [2.45, 2.75) is 20.1 Å². The Hall–Kier alpha value is -3.19. The number of nitrogens with one attached hydrogen (secondary N) is 2. The number of aromatic nitrogens is 3. The van der Waals surface area contributed by atoms with Gasteiger partial charge in [-0.3, -0.25) is 9.56 Å². The Kier molecular flexibility index (Phi) is 7.77. The monoisotopic (exact) mass is 392 g/mol. The Morgan fingerprint density at radius 2 is 1.79 bits per heavy atom. The van der Waals surface area contributed by atoms with Gasteiger partial charge in [0.05, 0.1) is 19.8 Å². The van der Waals surface area contributed by atoms with Gasteiger partial charge in [-0.25, -0.2) is 0 Å². The largest absolute Gasteiger partial charge is 0.376 e. The second-order valence-corrected chi connectivity index (χ2v) is 6.87. The molecule has 1 atom stereocenters. The van der Waals surface area contributed by atoms with E-state index in [0.29, 0.717) is 25.7 Å². The lowest BCUT2D eigenvalue weighted by Crippen LogP contribution is -2.40. The maximum Gasteiger partial charge on any atom is 0.191 e. The van der Waals surface area contributed by atoms with Gasteiger partial charge < -0.3 is 15.4 Å². The molecule has 1 aromatic heterocycles. The summed E-state index contributed by atoms with van der Waals surface area (Å²) in [6, 6.07) is 20.2. The zero-order valence-corrected chi connectivity index (χ0v) is 17.0. The first-order chi connectivity index (χ1) is 14.3. The highest BCUT2D eigenvalue weighted by Gasteiger charge is 2.08. The lowest BCUT2D eigenvalue weighted by molar-refractivity contribution is 0.0931. The second-order valence-electron chi connectivity index (χ2n) is 6.87. The smallest absolute Gasteiger partial charge is 0.191 e. The fraction of sp³-hybridized carbons (Fsp3) is 0.318. The van der Waals surface area contributed by atoms with Crippen LogP contribution in [0.1, 0.15) is 18.3 Å². The highest BCUT2D eigenvalue weighted by atomic mass is 16.5. The number of ether oxygens (including phenoxy) is 1. The van der Waals surface area contributed by atoms with Crippen LogP contribution in [0.5, 0.6) is 0 Å². The first kappa shape index (κ1) is 20.5. The van der Waals surface area contributed by atoms with Gasteiger partial charge >= 0.3 is 0 Å². The van der Waals surface area contributed by atoms with Crippen LogP contribution in [-0.4, -0.2) is 40.9 Å². The molecule has 29 heavy (non-hydrogen) atoms. The minimum Gasteiger partial charge on any atom is -0.376 e. The normalized spacial score (nSPS) is 12.6. The number of benzene rings is 2. The van der Waals surface area contributed by atoms with Crippen molar-refractivity contribution in [3.63, 3.8) is 0 Å². The summed E-state index contributed by atoms with van der Waals surface area (Å²) in [5.41, 5.74) is 2.22. The van der Waals surface area contributed by atoms with Gasteiger partial charge in [-0.2, -0.15) is 0 Å². The third-order valence-corrected chi connectivity index (χ3v) is 4.42. The van der Waals surface area contributed by atoms with Crippen molar-refractivity contribution < 1.29 is 4.74 Å². The number of para-hydroxylation sites is 1. The first-order valence-electron chi connectivity index (χ1n) is 9.76. The van der Waals surface area contributed by atoms with Crippen molar-refractivity contribution in [3.8, 4) is 5.69 Å². The van der Waals surface area contributed by atoms with Gasteiger partial charge in [0.2, 0.25) is 0 Å². The van der Waals surface area contributed by atoms with Crippen LogP contribution in [0.4, 0.5) is 0 Å². The number of rotatable bonds is 9. The SMILES string of the molecule is CN=C(NCc1nncn1-c1ccccc1)NCC(C)COCc1ccccc1. The predicted molar refractivity (Wildman–Crippen MR) is 115 cm³/mol. The molecule has 0 bridgehead atoms. The van der Waals surface area contributed by atoms with E-state index < -0.39 is 0 Å². The summed E-state index contributed by atoms with van der Waals surface area (Å²) < 4.78 is 7.77. The van der Waals surface area contributed by atoms with E-state index in [1.54, 1.807) is 13.4 Å². The number of aliphatic imine (C=N–C) groups is 1. The van der Waals surface area contributed by atoms with Crippen molar-refractivity contribution in [1.82, 2.24) is 25.4 Å². The number of hydrogen-bond acceptors (Lipinski definition) is 4. The van der Waals surface area contributed by atoms with Crippen molar-refractivity contribution >= 4 is 5.96 Å². The molecular weight excluding hydrogens is 364 g/mol. The number of hydrogen-bond donors (Lipinski definition) is 2. The summed E-state index contributed by atoms with van der Waals surface area (Å²) in [5.74, 6) is 1.89. The standard InChI is InChI=1S/C22H28N6O/c1-18(15-29-16-19-9-5-3-6-10-19)13-24-22(23-2)25-14-21-27-26-17-28(21)20-11-7-4-8-12-20/h3-12,17-18H,13-16H2,1-2H3,(H2,23,24,25). The maximum atomic E-state index is 5.81. The Morgan fingerprint density at radius 1 is 1.07 bits per heavy atom. The summed E-state index contributed by atoms with van der Waals surface area (Å²) in [4.78, 5) is 4.29. The average Bonchev–Trinajstić information content (AvgIpc) is 3.24. The van der Waals surface area contributed by atoms with E-state index in [1.807, 2.05) is 53.1 Å². The summed E-state index contributed by atoms with van der Waals surface area (Å²) in [5, 5.41) is 14.9. The van der Waals surface area contributed by atoms with Crippen LogP contribution in [0.3, 0.4) is 0 Å². The molecular formula is C22H28N6O. The van der Waals surface area contributed by atoms with Crippen molar-refractivity contribution in [1.29, 1.82) is 0 Å². The van der Waals surface area contributed by atoms with E-state index in [0.717, 1.165) is 24.0 Å². The molecule has 2 aromatic carbocycles. The van der Waals surface area contributed by atoms with Crippen LogP contribution in [0.2, 0.25) is 0 Å². The molecule has 0 saturated heterocycles. The Morgan fingerprint density at radius 3 is 2.52 bits per heavy atom. The van der Waals surface area contributed by atoms with Crippen LogP contribution in [0.25, 0.3) is 5.69 Å². The summed E-state index contributed by atoms with van der Waals surface area (Å²) in [7, 11) is 1.76. The van der Waals surface area contributed by atoms with Gasteiger partial charge in [-0.15, -0.1) is 10.2 Å². The van der Waals surface area contributed by atoms with Crippen LogP contribution in [0, 0.1) is 5.92 Å². The van der Waals surface area contributed by atoms with Crippen LogP contribution >= 0.6 is 0 Å². The third-order valence-electron chi connectivity index (χ3n) is 4.42. The fourth-order valence-corrected chi connectivity index (χ4v) is 2.85. The molecule has 7 nitrogen and oxygen atoms in total. The zero-order valence-electron chi connectivity index (χ0n) is 17.0. The highest BCUT2D eigenvalue weighted by Crippen LogP contribution is 2.08. The van der Waals surface area contributed by atoms with E-state index in [1.165, 1.54) is 5.56 Å². The van der Waals surface area contributed by atoms with Crippen molar-refractivity contribution in [3.05, 3.63) is 78.4 Å². The van der Waals surface area contributed by atoms with Crippen LogP contribution < -0.4 is 10.6 Å². The van der Waals surface area contributed by atoms with Gasteiger partial charge in [0.25, 0.3) is 0 Å². The summed E-state index contributed by atoms with van der Waals surface area (Å²) in [6.07, 6.45) is 1.72. The van der Waals surface area contributed by atoms with Gasteiger partial charge in [-0.05, 0) is 23.6 Å². The number of guanidine groups is 1. The Bertz CT molecular complexity index is 879. The van der Waals surface area contributed by atoms with Crippen LogP contribution in [-0.2, 0) is 17.9 Å². The first-order valence-corrected chi connectivity index (χ1v) is 9.76. The number of nitrogens with zero attached hydrogens (tertiary/aromatic N) is 4. The van der Waals surface area contributed by atoms with Crippen molar-refractivity contribution in [2.75, 3.05) is 20.2 Å². The molecule has 0 spiro atoms. The Labute approximate surface area is 171 Å². The molecule has 0 aliphatic heterocycles. The molecule has 0 fully saturated rings. The predicted octanol–water partition coefficient (Wildman–Crippen LogP) is 2.79. The quantitative estimate of drug-likeness (QED) is 0.433. The molecule has 2 N–H and O–H groups in total. The highest BCUT2D eigenvalue weighted by molar-refractivity contribution is 5.79. The summed E-state index contributed by atoms with van der Waals surface area (Å²) >= 11 is 0. The lowest BCUT2D eigenvalue weighted by atomic mass is 10.2. The minimum atomic E-state index is 0.352. The van der Waals surface area contributed by atoms with E-state index >= 15 is 0 Å². The topological polar surface area (TPSA) is 76.4 Å². The van der Waals surface area contributed by atoms with Crippen molar-refractivity contribution in [2.24, 2.45) is 10.9 Å². The van der Waals surface area contributed by atoms with E-state index in [4.69, 9.17) is 4.74 Å². The minimum absolute atomic E-state index is 0.352. The summed E-state index contributed by atoms with van der Waals surface area (Å²) in [6.45, 7) is 4.75. The molecule has 152 valence electrons. The fourth-order valence-electron chi connectivity index (χ4n) is 2.85. The molecule has 0 aliphatic rings. The molecule has 1 unspecified atom stereocenters. The molecule has 3 aromatic rings. The van der Waals surface area contributed by atoms with Gasteiger partial charge in [0.1, 0.15) is 6.33 Å². The molecule has 3 rings (SSSR count). The molecule has 1 heterocycles. The van der Waals surface area contributed by atoms with E-state index in [9.17, 15) is 0 Å². The van der Waals surface area contributed by atoms with Gasteiger partial charge in [0.15, 0.2) is 11.8 Å². The zero-order chi connectivity index (χ0) is 20.3. The third kappa shape index (κ3) is 6.43. The van der Waals surface area contributed by atoms with E-state index in [2.05, 4.69) is 44.9 Å². The molecule has 0 amide bonds. The van der Waals surface area contributed by atoms with Gasteiger partial charge in [0, 0.05) is 19.3 Å². The second kappa shape index (κ2) is 11.0. The molecule has 0 radical (unpaired) electrons. The molecule has 0 saturated carbocycles. The lowest BCUT2D eigenvalue weighted by Gasteiger charge is -2.16. The maximum absolute atomic E-state index is 5.81.